The van der Waals surface area contributed by atoms with Gasteiger partial charge in [-0.15, -0.1) is 0 Å². The molecule has 30 heavy (non-hydrogen) atoms. The number of nitro benzene ring substituents is 1. The van der Waals surface area contributed by atoms with E-state index in [1.807, 2.05) is 42.7 Å². The number of nitrogens with zero attached hydrogens (tertiary/aromatic N) is 1. The van der Waals surface area contributed by atoms with Crippen molar-refractivity contribution in [1.82, 2.24) is 9.97 Å². The number of halogens is 2. The Morgan fingerprint density at radius 2 is 1.37 bits per heavy atom. The summed E-state index contributed by atoms with van der Waals surface area (Å²) in [5.74, 6) is -0.184. The summed E-state index contributed by atoms with van der Waals surface area (Å²) in [6, 6.07) is 19.1. The first-order chi connectivity index (χ1) is 14.5. The summed E-state index contributed by atoms with van der Waals surface area (Å²) in [6.07, 6.45) is 3.99. The molecule has 0 fully saturated rings. The number of nitro groups is 1. The van der Waals surface area contributed by atoms with Crippen LogP contribution in [0.3, 0.4) is 0 Å². The maximum atomic E-state index is 11.4. The molecular weight excluding hydrogens is 510 g/mol. The number of aromatic nitrogens is 2. The predicted octanol–water partition coefficient (Wildman–Crippen LogP) is 7.26. The number of fused-ring (bicyclic) bond motifs is 2. The van der Waals surface area contributed by atoms with Gasteiger partial charge in [0.2, 0.25) is 0 Å². The minimum Gasteiger partial charge on any atom is -0.361 e. The number of H-pyrrole nitrogens is 2. The van der Waals surface area contributed by atoms with Gasteiger partial charge in [-0.05, 0) is 53.1 Å². The van der Waals surface area contributed by atoms with E-state index < -0.39 is 0 Å². The normalized spacial score (nSPS) is 11.6. The molecule has 0 atom stereocenters. The van der Waals surface area contributed by atoms with Gasteiger partial charge in [-0.3, -0.25) is 10.1 Å². The van der Waals surface area contributed by atoms with Crippen LogP contribution in [-0.2, 0) is 0 Å². The molecular formula is C23H15Br2N3O2. The van der Waals surface area contributed by atoms with Crippen molar-refractivity contribution in [3.8, 4) is 0 Å². The van der Waals surface area contributed by atoms with Crippen molar-refractivity contribution in [2.45, 2.75) is 5.92 Å². The minimum atomic E-state index is -0.349. The molecule has 0 radical (unpaired) electrons. The maximum absolute atomic E-state index is 11.4. The van der Waals surface area contributed by atoms with Crippen molar-refractivity contribution in [1.29, 1.82) is 0 Å². The minimum absolute atomic E-state index is 0.0829. The van der Waals surface area contributed by atoms with E-state index in [4.69, 9.17) is 0 Å². The third-order valence-corrected chi connectivity index (χ3v) is 6.37. The van der Waals surface area contributed by atoms with E-state index in [0.717, 1.165) is 47.4 Å². The molecule has 0 aliphatic carbocycles. The number of hydrogen-bond acceptors (Lipinski definition) is 2. The first-order valence-corrected chi connectivity index (χ1v) is 10.9. The molecule has 2 heterocycles. The van der Waals surface area contributed by atoms with Gasteiger partial charge in [0.1, 0.15) is 0 Å². The molecule has 2 aromatic heterocycles. The van der Waals surface area contributed by atoms with Crippen molar-refractivity contribution >= 4 is 59.4 Å². The van der Waals surface area contributed by atoms with E-state index in [9.17, 15) is 10.1 Å². The highest BCUT2D eigenvalue weighted by molar-refractivity contribution is 9.10. The molecule has 0 aliphatic rings. The monoisotopic (exact) mass is 523 g/mol. The van der Waals surface area contributed by atoms with Crippen LogP contribution in [0.5, 0.6) is 0 Å². The molecule has 0 saturated heterocycles. The highest BCUT2D eigenvalue weighted by Crippen LogP contribution is 2.41. The number of hydrogen-bond donors (Lipinski definition) is 2. The first-order valence-electron chi connectivity index (χ1n) is 9.28. The van der Waals surface area contributed by atoms with Gasteiger partial charge in [0.05, 0.1) is 4.92 Å². The van der Waals surface area contributed by atoms with Gasteiger partial charge >= 0.3 is 0 Å². The van der Waals surface area contributed by atoms with Crippen LogP contribution < -0.4 is 0 Å². The average Bonchev–Trinajstić information content (AvgIpc) is 3.33. The largest absolute Gasteiger partial charge is 0.361 e. The zero-order chi connectivity index (χ0) is 20.8. The van der Waals surface area contributed by atoms with Gasteiger partial charge < -0.3 is 9.97 Å². The summed E-state index contributed by atoms with van der Waals surface area (Å²) in [7, 11) is 0. The molecule has 0 unspecified atom stereocenters. The van der Waals surface area contributed by atoms with Crippen LogP contribution in [0.25, 0.3) is 21.8 Å². The molecule has 0 bridgehead atoms. The van der Waals surface area contributed by atoms with Crippen molar-refractivity contribution in [3.63, 3.8) is 0 Å². The van der Waals surface area contributed by atoms with Gasteiger partial charge in [-0.2, -0.15) is 0 Å². The van der Waals surface area contributed by atoms with Gasteiger partial charge in [0.15, 0.2) is 0 Å². The number of nitrogens with one attached hydrogen (secondary N) is 2. The summed E-state index contributed by atoms with van der Waals surface area (Å²) in [6.45, 7) is 0. The van der Waals surface area contributed by atoms with E-state index in [-0.39, 0.29) is 16.5 Å². The van der Waals surface area contributed by atoms with Crippen LogP contribution in [0.1, 0.15) is 22.6 Å². The van der Waals surface area contributed by atoms with Crippen molar-refractivity contribution < 1.29 is 4.92 Å². The topological polar surface area (TPSA) is 74.7 Å². The standard InChI is InChI=1S/C23H15Br2N3O2/c24-14-4-6-21-17(9-14)19(11-26-21)23(13-2-1-3-16(8-13)28(29)30)20-12-27-22-7-5-15(25)10-18(20)22/h1-12,23,26-27H. The van der Waals surface area contributed by atoms with E-state index in [0.29, 0.717) is 0 Å². The van der Waals surface area contributed by atoms with Crippen LogP contribution in [-0.4, -0.2) is 14.9 Å². The summed E-state index contributed by atoms with van der Waals surface area (Å²) in [4.78, 5) is 17.8. The quantitative estimate of drug-likeness (QED) is 0.192. The number of rotatable bonds is 4. The molecule has 148 valence electrons. The summed E-state index contributed by atoms with van der Waals surface area (Å²) >= 11 is 7.14. The summed E-state index contributed by atoms with van der Waals surface area (Å²) in [5, 5.41) is 13.6. The van der Waals surface area contributed by atoms with E-state index >= 15 is 0 Å². The second-order valence-electron chi connectivity index (χ2n) is 7.15. The summed E-state index contributed by atoms with van der Waals surface area (Å²) in [5.41, 5.74) is 5.11. The third kappa shape index (κ3) is 3.24. The molecule has 5 aromatic rings. The van der Waals surface area contributed by atoms with Crippen LogP contribution in [0, 0.1) is 10.1 Å². The Morgan fingerprint density at radius 1 is 0.800 bits per heavy atom. The van der Waals surface area contributed by atoms with Crippen molar-refractivity contribution in [2.75, 3.05) is 0 Å². The average molecular weight is 525 g/mol. The molecule has 7 heteroatoms. The fourth-order valence-electron chi connectivity index (χ4n) is 4.05. The Morgan fingerprint density at radius 3 is 1.90 bits per heavy atom. The van der Waals surface area contributed by atoms with Crippen LogP contribution >= 0.6 is 31.9 Å². The summed E-state index contributed by atoms with van der Waals surface area (Å²) < 4.78 is 1.96. The van der Waals surface area contributed by atoms with E-state index in [1.165, 1.54) is 6.07 Å². The molecule has 0 spiro atoms. The van der Waals surface area contributed by atoms with Crippen LogP contribution in [0.4, 0.5) is 5.69 Å². The van der Waals surface area contributed by atoms with Gasteiger partial charge in [0.25, 0.3) is 5.69 Å². The van der Waals surface area contributed by atoms with Gasteiger partial charge in [-0.25, -0.2) is 0 Å². The van der Waals surface area contributed by atoms with E-state index in [1.54, 1.807) is 12.1 Å². The Labute approximate surface area is 188 Å². The highest BCUT2D eigenvalue weighted by Gasteiger charge is 2.25. The lowest BCUT2D eigenvalue weighted by Gasteiger charge is -2.17. The zero-order valence-electron chi connectivity index (χ0n) is 15.5. The number of benzene rings is 3. The van der Waals surface area contributed by atoms with Crippen LogP contribution in [0.15, 0.2) is 82.0 Å². The zero-order valence-corrected chi connectivity index (χ0v) is 18.7. The molecule has 0 amide bonds. The lowest BCUT2D eigenvalue weighted by Crippen LogP contribution is -2.03. The molecule has 0 aliphatic heterocycles. The lowest BCUT2D eigenvalue weighted by molar-refractivity contribution is -0.384. The van der Waals surface area contributed by atoms with Crippen molar-refractivity contribution in [3.05, 3.63) is 109 Å². The molecule has 3 aromatic carbocycles. The first kappa shape index (κ1) is 19.1. The molecule has 0 saturated carbocycles. The Bertz CT molecular complexity index is 1340. The highest BCUT2D eigenvalue weighted by atomic mass is 79.9. The lowest BCUT2D eigenvalue weighted by atomic mass is 9.84. The number of aromatic amines is 2. The predicted molar refractivity (Wildman–Crippen MR) is 126 cm³/mol. The molecule has 2 N–H and O–H groups in total. The van der Waals surface area contributed by atoms with E-state index in [2.05, 4.69) is 54.0 Å². The third-order valence-electron chi connectivity index (χ3n) is 5.39. The fourth-order valence-corrected chi connectivity index (χ4v) is 4.77. The number of non-ortho nitro benzene ring substituents is 1. The second kappa shape index (κ2) is 7.41. The Kier molecular flexibility index (Phi) is 4.72. The Balaban J connectivity index is 1.81. The SMILES string of the molecule is O=[N+]([O-])c1cccc(C(c2c[nH]c3ccc(Br)cc23)c2c[nH]c3ccc(Br)cc23)c1. The fraction of sp³-hybridized carbons (Fsp3) is 0.0435. The van der Waals surface area contributed by atoms with Crippen LogP contribution in [0.2, 0.25) is 0 Å². The second-order valence-corrected chi connectivity index (χ2v) is 8.98. The smallest absolute Gasteiger partial charge is 0.269 e. The van der Waals surface area contributed by atoms with Gasteiger partial charge in [0, 0.05) is 61.2 Å². The molecule has 5 rings (SSSR count). The van der Waals surface area contributed by atoms with Crippen molar-refractivity contribution in [2.24, 2.45) is 0 Å². The Hall–Kier alpha value is -2.90. The molecule has 5 nitrogen and oxygen atoms in total. The van der Waals surface area contributed by atoms with Gasteiger partial charge in [-0.1, -0.05) is 44.0 Å². The maximum Gasteiger partial charge on any atom is 0.269 e.